The van der Waals surface area contributed by atoms with Crippen molar-refractivity contribution >= 4 is 45.9 Å². The fraction of sp³-hybridized carbons (Fsp3) is 0.385. The van der Waals surface area contributed by atoms with Crippen molar-refractivity contribution in [2.45, 2.75) is 31.8 Å². The van der Waals surface area contributed by atoms with E-state index < -0.39 is 12.1 Å². The Labute approximate surface area is 146 Å². The lowest BCUT2D eigenvalue weighted by atomic mass is 10.2. The summed E-state index contributed by atoms with van der Waals surface area (Å²) in [6.45, 7) is 5.44. The molecule has 1 rings (SSSR count). The van der Waals surface area contributed by atoms with E-state index in [4.69, 9.17) is 0 Å². The minimum Gasteiger partial charge on any atom is -0.450 e. The number of carbonyl (C=O) groups excluding carboxylic acids is 3. The van der Waals surface area contributed by atoms with Gasteiger partial charge in [-0.3, -0.25) is 9.52 Å². The van der Waals surface area contributed by atoms with Crippen molar-refractivity contribution in [1.29, 1.82) is 0 Å². The van der Waals surface area contributed by atoms with E-state index in [0.29, 0.717) is 15.1 Å². The zero-order chi connectivity index (χ0) is 17.4. The van der Waals surface area contributed by atoms with Gasteiger partial charge in [-0.15, -0.1) is 0 Å². The van der Waals surface area contributed by atoms with Gasteiger partial charge < -0.3 is 10.1 Å². The Hall–Kier alpha value is -1.81. The molecule has 126 valence electrons. The van der Waals surface area contributed by atoms with Gasteiger partial charge in [0.05, 0.1) is 12.2 Å². The van der Waals surface area contributed by atoms with Crippen molar-refractivity contribution in [2.24, 2.45) is 0 Å². The lowest BCUT2D eigenvalue weighted by Crippen LogP contribution is -2.37. The number of pyridine rings is 1. The van der Waals surface area contributed by atoms with Crippen LogP contribution in [0.15, 0.2) is 21.8 Å². The molecule has 0 aromatic carbocycles. The van der Waals surface area contributed by atoms with Crippen LogP contribution in [0.25, 0.3) is 0 Å². The fourth-order valence-electron chi connectivity index (χ4n) is 1.39. The molecule has 0 saturated carbocycles. The summed E-state index contributed by atoms with van der Waals surface area (Å²) in [5, 5.41) is 5.02. The number of ether oxygens (including phenoxy) is 1. The molecule has 0 aliphatic heterocycles. The largest absolute Gasteiger partial charge is 0.450 e. The number of urea groups is 1. The van der Waals surface area contributed by atoms with Crippen LogP contribution in [-0.2, 0) is 4.74 Å². The van der Waals surface area contributed by atoms with Crippen LogP contribution >= 0.6 is 27.9 Å². The summed E-state index contributed by atoms with van der Waals surface area (Å²) in [5.41, 5.74) is 0.300. The van der Waals surface area contributed by atoms with Crippen LogP contribution in [-0.4, -0.2) is 35.7 Å². The summed E-state index contributed by atoms with van der Waals surface area (Å²) in [6.07, 6.45) is 0.645. The Morgan fingerprint density at radius 2 is 2.09 bits per heavy atom. The summed E-state index contributed by atoms with van der Waals surface area (Å²) in [7, 11) is 0. The van der Waals surface area contributed by atoms with E-state index in [1.165, 1.54) is 6.20 Å². The topological polar surface area (TPSA) is 109 Å². The molecule has 1 aromatic rings. The van der Waals surface area contributed by atoms with Crippen LogP contribution in [0.1, 0.15) is 31.1 Å². The van der Waals surface area contributed by atoms with Gasteiger partial charge >= 0.3 is 12.1 Å². The van der Waals surface area contributed by atoms with Crippen LogP contribution in [0, 0.1) is 0 Å². The van der Waals surface area contributed by atoms with Gasteiger partial charge in [0.2, 0.25) is 0 Å². The summed E-state index contributed by atoms with van der Waals surface area (Å²) >= 11 is 4.06. The summed E-state index contributed by atoms with van der Waals surface area (Å²) in [6, 6.07) is 0.783. The van der Waals surface area contributed by atoms with Crippen LogP contribution < -0.4 is 15.4 Å². The second-order valence-corrected chi connectivity index (χ2v) is 6.22. The highest BCUT2D eigenvalue weighted by Gasteiger charge is 2.16. The Kier molecular flexibility index (Phi) is 7.83. The maximum Gasteiger partial charge on any atom is 0.415 e. The molecular formula is C13H17BrN4O4S. The van der Waals surface area contributed by atoms with Crippen molar-refractivity contribution in [3.05, 3.63) is 22.3 Å². The Morgan fingerprint density at radius 1 is 1.39 bits per heavy atom. The second-order valence-electron chi connectivity index (χ2n) is 4.51. The molecule has 0 saturated heterocycles. The predicted octanol–water partition coefficient (Wildman–Crippen LogP) is 2.45. The van der Waals surface area contributed by atoms with Crippen LogP contribution in [0.4, 0.5) is 9.59 Å². The molecule has 0 spiro atoms. The molecule has 0 bridgehead atoms. The van der Waals surface area contributed by atoms with Crippen molar-refractivity contribution in [3.63, 3.8) is 0 Å². The van der Waals surface area contributed by atoms with Gasteiger partial charge in [0.1, 0.15) is 5.03 Å². The van der Waals surface area contributed by atoms with Gasteiger partial charge in [-0.05, 0) is 42.8 Å². The first-order valence-corrected chi connectivity index (χ1v) is 8.31. The number of carbonyl (C=O) groups is 3. The minimum absolute atomic E-state index is 0.0422. The number of halogens is 1. The quantitative estimate of drug-likeness (QED) is 0.650. The van der Waals surface area contributed by atoms with E-state index in [1.54, 1.807) is 13.0 Å². The maximum atomic E-state index is 12.1. The first-order valence-electron chi connectivity index (χ1n) is 6.70. The van der Waals surface area contributed by atoms with Gasteiger partial charge in [-0.2, -0.15) is 0 Å². The predicted molar refractivity (Wildman–Crippen MR) is 89.1 cm³/mol. The standard InChI is InChI=1S/C13H17BrN4O4S/c1-4-22-13(21)17-12(20)18-23-11-9(5-8(14)6-15-11)10(19)16-7(2)3/h5-7H,4H2,1-3H3,(H,16,19)(H2,17,18,20,21). The van der Waals surface area contributed by atoms with Gasteiger partial charge in [-0.25, -0.2) is 19.9 Å². The van der Waals surface area contributed by atoms with Crippen molar-refractivity contribution in [2.75, 3.05) is 6.61 Å². The Morgan fingerprint density at radius 3 is 2.70 bits per heavy atom. The molecule has 8 nitrogen and oxygen atoms in total. The molecule has 0 atom stereocenters. The number of imide groups is 1. The monoisotopic (exact) mass is 404 g/mol. The molecule has 10 heteroatoms. The molecule has 0 fully saturated rings. The lowest BCUT2D eigenvalue weighted by molar-refractivity contribution is 0.0939. The van der Waals surface area contributed by atoms with E-state index in [2.05, 4.69) is 35.7 Å². The molecule has 0 radical (unpaired) electrons. The number of rotatable bonds is 5. The number of alkyl carbamates (subject to hydrolysis) is 1. The second kappa shape index (κ2) is 9.36. The average Bonchev–Trinajstić information content (AvgIpc) is 2.45. The molecule has 0 unspecified atom stereocenters. The van der Waals surface area contributed by atoms with Crippen molar-refractivity contribution < 1.29 is 19.1 Å². The van der Waals surface area contributed by atoms with Crippen molar-refractivity contribution in [3.8, 4) is 0 Å². The smallest absolute Gasteiger partial charge is 0.415 e. The summed E-state index contributed by atoms with van der Waals surface area (Å²) < 4.78 is 7.58. The van der Waals surface area contributed by atoms with Crippen LogP contribution in [0.3, 0.4) is 0 Å². The number of amides is 4. The van der Waals surface area contributed by atoms with E-state index in [-0.39, 0.29) is 18.6 Å². The Balaban J connectivity index is 2.74. The van der Waals surface area contributed by atoms with Gasteiger partial charge in [0.25, 0.3) is 5.91 Å². The lowest BCUT2D eigenvalue weighted by Gasteiger charge is -2.12. The number of nitrogens with one attached hydrogen (secondary N) is 3. The third-order valence-corrected chi connectivity index (χ3v) is 3.45. The summed E-state index contributed by atoms with van der Waals surface area (Å²) in [5.74, 6) is -0.316. The number of aromatic nitrogens is 1. The zero-order valence-corrected chi connectivity index (χ0v) is 15.2. The molecular weight excluding hydrogens is 388 g/mol. The highest BCUT2D eigenvalue weighted by atomic mass is 79.9. The zero-order valence-electron chi connectivity index (χ0n) is 12.8. The minimum atomic E-state index is -0.855. The molecule has 4 amide bonds. The third kappa shape index (κ3) is 6.87. The SMILES string of the molecule is CCOC(=O)NC(=O)NSc1ncc(Br)cc1C(=O)NC(C)C. The molecule has 3 N–H and O–H groups in total. The third-order valence-electron chi connectivity index (χ3n) is 2.21. The van der Waals surface area contributed by atoms with Crippen LogP contribution in [0.5, 0.6) is 0 Å². The van der Waals surface area contributed by atoms with Crippen molar-refractivity contribution in [1.82, 2.24) is 20.3 Å². The highest BCUT2D eigenvalue weighted by molar-refractivity contribution is 9.10. The maximum absolute atomic E-state index is 12.1. The normalized spacial score (nSPS) is 10.1. The number of nitrogens with zero attached hydrogens (tertiary/aromatic N) is 1. The molecule has 0 aliphatic carbocycles. The van der Waals surface area contributed by atoms with E-state index in [0.717, 1.165) is 11.9 Å². The highest BCUT2D eigenvalue weighted by Crippen LogP contribution is 2.21. The van der Waals surface area contributed by atoms with Gasteiger partial charge in [0.15, 0.2) is 0 Å². The molecule has 1 aromatic heterocycles. The van der Waals surface area contributed by atoms with Crippen LogP contribution in [0.2, 0.25) is 0 Å². The molecule has 1 heterocycles. The number of hydrogen-bond acceptors (Lipinski definition) is 6. The van der Waals surface area contributed by atoms with Gasteiger partial charge in [-0.1, -0.05) is 0 Å². The fourth-order valence-corrected chi connectivity index (χ4v) is 2.33. The summed E-state index contributed by atoms with van der Waals surface area (Å²) in [4.78, 5) is 38.9. The first kappa shape index (κ1) is 19.2. The Bertz CT molecular complexity index is 597. The average molecular weight is 405 g/mol. The number of hydrogen-bond donors (Lipinski definition) is 3. The molecule has 23 heavy (non-hydrogen) atoms. The van der Waals surface area contributed by atoms with E-state index in [1.807, 2.05) is 19.2 Å². The molecule has 0 aliphatic rings. The first-order chi connectivity index (χ1) is 10.8. The van der Waals surface area contributed by atoms with E-state index >= 15 is 0 Å². The van der Waals surface area contributed by atoms with E-state index in [9.17, 15) is 14.4 Å². The van der Waals surface area contributed by atoms with Gasteiger partial charge in [0, 0.05) is 28.7 Å².